The molecule has 6 nitrogen and oxygen atoms in total. The van der Waals surface area contributed by atoms with Crippen LogP contribution in [0.1, 0.15) is 25.0 Å². The van der Waals surface area contributed by atoms with E-state index in [0.717, 1.165) is 17.2 Å². The van der Waals surface area contributed by atoms with Crippen LogP contribution in [0.3, 0.4) is 0 Å². The second kappa shape index (κ2) is 11.5. The van der Waals surface area contributed by atoms with Gasteiger partial charge in [0.25, 0.3) is 0 Å². The van der Waals surface area contributed by atoms with Crippen molar-refractivity contribution >= 4 is 5.91 Å². The van der Waals surface area contributed by atoms with E-state index in [-0.39, 0.29) is 31.1 Å². The molecule has 0 saturated heterocycles. The zero-order valence-electron chi connectivity index (χ0n) is 17.9. The molecule has 0 spiro atoms. The highest BCUT2D eigenvalue weighted by atomic mass is 19.1. The lowest BCUT2D eigenvalue weighted by Crippen LogP contribution is -2.40. The van der Waals surface area contributed by atoms with Crippen LogP contribution >= 0.6 is 0 Å². The van der Waals surface area contributed by atoms with Gasteiger partial charge in [0, 0.05) is 5.41 Å². The zero-order valence-corrected chi connectivity index (χ0v) is 17.9. The summed E-state index contributed by atoms with van der Waals surface area (Å²) in [5.74, 6) is 0.827. The molecule has 2 rings (SSSR count). The number of hydrogen-bond acceptors (Lipinski definition) is 5. The second-order valence-electron chi connectivity index (χ2n) is 7.70. The number of carbonyl (C=O) groups excluding carboxylic acids is 1. The molecule has 0 heterocycles. The Morgan fingerprint density at radius 1 is 1.06 bits per heavy atom. The van der Waals surface area contributed by atoms with Gasteiger partial charge >= 0.3 is 0 Å². The van der Waals surface area contributed by atoms with E-state index in [1.54, 1.807) is 12.1 Å². The van der Waals surface area contributed by atoms with Gasteiger partial charge in [-0.05, 0) is 41.5 Å². The summed E-state index contributed by atoms with van der Waals surface area (Å²) in [6.45, 7) is 6.54. The Morgan fingerprint density at radius 2 is 1.55 bits per heavy atom. The van der Waals surface area contributed by atoms with Crippen LogP contribution in [-0.4, -0.2) is 54.8 Å². The van der Waals surface area contributed by atoms with Gasteiger partial charge in [0.15, 0.2) is 0 Å². The Morgan fingerprint density at radius 3 is 1.97 bits per heavy atom. The van der Waals surface area contributed by atoms with Crippen molar-refractivity contribution in [2.24, 2.45) is 0 Å². The van der Waals surface area contributed by atoms with Gasteiger partial charge in [-0.3, -0.25) is 4.79 Å². The van der Waals surface area contributed by atoms with Crippen LogP contribution in [0.4, 0.5) is 4.39 Å². The van der Waals surface area contributed by atoms with Crippen molar-refractivity contribution in [2.45, 2.75) is 31.4 Å². The first-order valence-corrected chi connectivity index (χ1v) is 10.0. The van der Waals surface area contributed by atoms with E-state index < -0.39 is 18.8 Å². The topological polar surface area (TPSA) is 88.0 Å². The molecule has 0 fully saturated rings. The smallest absolute Gasteiger partial charge is 0.243 e. The lowest BCUT2D eigenvalue weighted by molar-refractivity contribution is -0.117. The van der Waals surface area contributed by atoms with Gasteiger partial charge < -0.3 is 25.0 Å². The quantitative estimate of drug-likeness (QED) is 0.450. The van der Waals surface area contributed by atoms with E-state index in [0.29, 0.717) is 11.5 Å². The van der Waals surface area contributed by atoms with E-state index in [1.165, 1.54) is 0 Å². The van der Waals surface area contributed by atoms with E-state index in [1.807, 2.05) is 36.4 Å². The summed E-state index contributed by atoms with van der Waals surface area (Å²) in [6.07, 6.45) is 0.0220. The first kappa shape index (κ1) is 24.4. The van der Waals surface area contributed by atoms with E-state index in [4.69, 9.17) is 9.47 Å². The molecule has 0 bridgehead atoms. The molecule has 2 atom stereocenters. The highest BCUT2D eigenvalue weighted by Crippen LogP contribution is 2.33. The molecule has 3 N–H and O–H groups in total. The molecule has 0 saturated carbocycles. The lowest BCUT2D eigenvalue weighted by atomic mass is 9.78. The van der Waals surface area contributed by atoms with Crippen molar-refractivity contribution in [1.82, 2.24) is 5.32 Å². The maximum atomic E-state index is 12.3. The normalized spacial score (nSPS) is 13.2. The molecule has 0 aliphatic carbocycles. The number of rotatable bonds is 12. The Balaban J connectivity index is 2.00. The van der Waals surface area contributed by atoms with Gasteiger partial charge in [-0.15, -0.1) is 0 Å². The average molecular weight is 432 g/mol. The van der Waals surface area contributed by atoms with Crippen molar-refractivity contribution in [1.29, 1.82) is 0 Å². The first-order chi connectivity index (χ1) is 14.8. The third-order valence-electron chi connectivity index (χ3n) is 4.98. The predicted molar refractivity (Wildman–Crippen MR) is 117 cm³/mol. The van der Waals surface area contributed by atoms with Gasteiger partial charge in [0.1, 0.15) is 37.5 Å². The minimum absolute atomic E-state index is 0.0882. The summed E-state index contributed by atoms with van der Waals surface area (Å²) in [5, 5.41) is 21.2. The molecule has 0 aliphatic heterocycles. The minimum atomic E-state index is -1.12. The fourth-order valence-electron chi connectivity index (χ4n) is 2.94. The summed E-state index contributed by atoms with van der Waals surface area (Å²) >= 11 is 0. The number of aliphatic hydroxyl groups excluding tert-OH is 2. The molecule has 0 aromatic heterocycles. The number of ether oxygens (including phenoxy) is 2. The monoisotopic (exact) mass is 431 g/mol. The first-order valence-electron chi connectivity index (χ1n) is 10.0. The molecular weight excluding hydrogens is 401 g/mol. The Bertz CT molecular complexity index is 836. The number of benzene rings is 2. The highest BCUT2D eigenvalue weighted by molar-refractivity contribution is 5.87. The Hall–Kier alpha value is -2.90. The van der Waals surface area contributed by atoms with Gasteiger partial charge in [-0.25, -0.2) is 4.39 Å². The highest BCUT2D eigenvalue weighted by Gasteiger charge is 2.23. The molecule has 168 valence electrons. The van der Waals surface area contributed by atoms with Crippen molar-refractivity contribution in [2.75, 3.05) is 26.5 Å². The number of alkyl halides is 1. The molecule has 2 unspecified atom stereocenters. The summed E-state index contributed by atoms with van der Waals surface area (Å²) < 4.78 is 23.4. The van der Waals surface area contributed by atoms with Crippen LogP contribution < -0.4 is 14.8 Å². The molecule has 2 aromatic carbocycles. The standard InChI is InChI=1S/C24H30FNO5/c1-4-23(29)26-19(14-27)15-30-21-9-5-17(6-10-21)24(2,3)18-7-11-22(12-8-18)31-16-20(28)13-25/h4-12,19-20,27-28H,1,13-16H2,2-3H3,(H,26,29). The molecule has 1 amide bonds. The van der Waals surface area contributed by atoms with Crippen LogP contribution in [0.15, 0.2) is 61.2 Å². The molecule has 7 heteroatoms. The van der Waals surface area contributed by atoms with Crippen LogP contribution in [-0.2, 0) is 10.2 Å². The maximum absolute atomic E-state index is 12.3. The number of nitrogens with one attached hydrogen (secondary N) is 1. The average Bonchev–Trinajstić information content (AvgIpc) is 2.80. The predicted octanol–water partition coefficient (Wildman–Crippen LogP) is 2.76. The maximum Gasteiger partial charge on any atom is 0.243 e. The number of aliphatic hydroxyl groups is 2. The van der Waals surface area contributed by atoms with Crippen LogP contribution in [0, 0.1) is 0 Å². The van der Waals surface area contributed by atoms with Crippen molar-refractivity contribution < 1.29 is 28.9 Å². The van der Waals surface area contributed by atoms with E-state index in [9.17, 15) is 19.4 Å². The molecule has 0 radical (unpaired) electrons. The van der Waals surface area contributed by atoms with Crippen molar-refractivity contribution in [3.8, 4) is 11.5 Å². The second-order valence-corrected chi connectivity index (χ2v) is 7.70. The summed E-state index contributed by atoms with van der Waals surface area (Å²) in [4.78, 5) is 11.4. The van der Waals surface area contributed by atoms with Gasteiger partial charge in [0.05, 0.1) is 12.6 Å². The lowest BCUT2D eigenvalue weighted by Gasteiger charge is -2.26. The SMILES string of the molecule is C=CC(=O)NC(CO)COc1ccc(C(C)(C)c2ccc(OCC(O)CF)cc2)cc1. The largest absolute Gasteiger partial charge is 0.491 e. The molecule has 2 aromatic rings. The van der Waals surface area contributed by atoms with Crippen LogP contribution in [0.2, 0.25) is 0 Å². The van der Waals surface area contributed by atoms with Crippen LogP contribution in [0.5, 0.6) is 11.5 Å². The summed E-state index contributed by atoms with van der Waals surface area (Å²) in [6, 6.07) is 14.6. The molecular formula is C24H30FNO5. The number of amides is 1. The zero-order chi connectivity index (χ0) is 22.9. The number of carbonyl (C=O) groups is 1. The third kappa shape index (κ3) is 7.08. The Labute approximate surface area is 182 Å². The fraction of sp³-hybridized carbons (Fsp3) is 0.375. The molecule has 0 aliphatic rings. The van der Waals surface area contributed by atoms with Gasteiger partial charge in [-0.2, -0.15) is 0 Å². The van der Waals surface area contributed by atoms with E-state index >= 15 is 0 Å². The number of hydrogen-bond donors (Lipinski definition) is 3. The fourth-order valence-corrected chi connectivity index (χ4v) is 2.94. The minimum Gasteiger partial charge on any atom is -0.491 e. The van der Waals surface area contributed by atoms with E-state index in [2.05, 4.69) is 25.7 Å². The summed E-state index contributed by atoms with van der Waals surface area (Å²) in [5.41, 5.74) is 1.84. The van der Waals surface area contributed by atoms with Gasteiger partial charge in [0.2, 0.25) is 5.91 Å². The molecule has 31 heavy (non-hydrogen) atoms. The van der Waals surface area contributed by atoms with Crippen LogP contribution in [0.25, 0.3) is 0 Å². The van der Waals surface area contributed by atoms with Gasteiger partial charge in [-0.1, -0.05) is 44.7 Å². The summed E-state index contributed by atoms with van der Waals surface area (Å²) in [7, 11) is 0. The Kier molecular flexibility index (Phi) is 9.03. The van der Waals surface area contributed by atoms with Crippen molar-refractivity contribution in [3.63, 3.8) is 0 Å². The third-order valence-corrected chi connectivity index (χ3v) is 4.98. The number of halogens is 1. The van der Waals surface area contributed by atoms with Crippen molar-refractivity contribution in [3.05, 3.63) is 72.3 Å².